The molecular weight excluding hydrogens is 457 g/mol. The molecule has 0 unspecified atom stereocenters. The number of benzene rings is 1. The van der Waals surface area contributed by atoms with Crippen LogP contribution in [0.4, 0.5) is 18.9 Å². The van der Waals surface area contributed by atoms with Crippen molar-refractivity contribution in [3.05, 3.63) is 47.3 Å². The van der Waals surface area contributed by atoms with Crippen molar-refractivity contribution in [1.29, 1.82) is 5.26 Å². The SMILES string of the molecule is Cc1ccc2c(N3C[C@]4(c5nnc(C6CCN(C)CC6)o5)C[C@]4(C(F)(F)F)C3)ccc(C#N)c2n1. The van der Waals surface area contributed by atoms with Crippen LogP contribution in [0.15, 0.2) is 28.7 Å². The number of aryl methyl sites for hydroxylation is 1. The first-order valence-electron chi connectivity index (χ1n) is 11.8. The van der Waals surface area contributed by atoms with E-state index in [0.717, 1.165) is 31.6 Å². The summed E-state index contributed by atoms with van der Waals surface area (Å²) in [6.45, 7) is 3.54. The molecule has 35 heavy (non-hydrogen) atoms. The number of likely N-dealkylation sites (tertiary alicyclic amines) is 1. The number of hydrogen-bond donors (Lipinski definition) is 0. The highest BCUT2D eigenvalue weighted by Crippen LogP contribution is 2.75. The monoisotopic (exact) mass is 482 g/mol. The van der Waals surface area contributed by atoms with Crippen molar-refractivity contribution in [2.24, 2.45) is 5.41 Å². The molecule has 3 aliphatic rings. The molecule has 4 heterocycles. The van der Waals surface area contributed by atoms with Gasteiger partial charge in [-0.1, -0.05) is 0 Å². The standard InChI is InChI=1S/C25H25F3N6O/c1-15-3-5-18-19(6-4-17(11-29)20(18)30-15)34-13-23(12-24(23,14-34)25(26,27)28)22-32-31-21(35-22)16-7-9-33(2)10-8-16/h3-6,16H,7-10,12-14H2,1-2H3/t23-,24-/m0/s1. The van der Waals surface area contributed by atoms with Gasteiger partial charge in [0.1, 0.15) is 11.5 Å². The van der Waals surface area contributed by atoms with Crippen molar-refractivity contribution in [2.45, 2.75) is 43.7 Å². The maximum atomic E-state index is 14.5. The van der Waals surface area contributed by atoms with Crippen LogP contribution in [0.1, 0.15) is 48.2 Å². The Labute approximate surface area is 200 Å². The zero-order chi connectivity index (χ0) is 24.6. The Morgan fingerprint density at radius 2 is 1.89 bits per heavy atom. The molecule has 0 radical (unpaired) electrons. The summed E-state index contributed by atoms with van der Waals surface area (Å²) in [6.07, 6.45) is -2.77. The van der Waals surface area contributed by atoms with Crippen molar-refractivity contribution in [3.8, 4) is 6.07 Å². The summed E-state index contributed by atoms with van der Waals surface area (Å²) in [7, 11) is 2.05. The molecule has 0 N–H and O–H groups in total. The van der Waals surface area contributed by atoms with Gasteiger partial charge in [0.25, 0.3) is 0 Å². The minimum absolute atomic E-state index is 0.0550. The second kappa shape index (κ2) is 7.40. The van der Waals surface area contributed by atoms with Crippen LogP contribution in [0, 0.1) is 23.7 Å². The van der Waals surface area contributed by atoms with Gasteiger partial charge in [-0.15, -0.1) is 10.2 Å². The fourth-order valence-corrected chi connectivity index (χ4v) is 6.09. The summed E-state index contributed by atoms with van der Waals surface area (Å²) in [5.74, 6) is 0.628. The van der Waals surface area contributed by atoms with Gasteiger partial charge in [-0.25, -0.2) is 0 Å². The van der Waals surface area contributed by atoms with Crippen LogP contribution in [-0.4, -0.2) is 59.5 Å². The number of nitrogens with zero attached hydrogens (tertiary/aromatic N) is 6. The Morgan fingerprint density at radius 3 is 2.60 bits per heavy atom. The Bertz CT molecular complexity index is 1360. The van der Waals surface area contributed by atoms with E-state index < -0.39 is 17.0 Å². The molecule has 1 aliphatic carbocycles. The number of piperidine rings is 2. The largest absolute Gasteiger partial charge is 0.424 e. The van der Waals surface area contributed by atoms with E-state index in [9.17, 15) is 18.4 Å². The lowest BCUT2D eigenvalue weighted by Crippen LogP contribution is -2.34. The number of halogens is 3. The molecule has 10 heteroatoms. The predicted molar refractivity (Wildman–Crippen MR) is 122 cm³/mol. The highest BCUT2D eigenvalue weighted by molar-refractivity contribution is 5.95. The molecule has 2 saturated heterocycles. The smallest absolute Gasteiger partial charge is 0.397 e. The highest BCUT2D eigenvalue weighted by atomic mass is 19.4. The van der Waals surface area contributed by atoms with Gasteiger partial charge in [-0.3, -0.25) is 4.98 Å². The lowest BCUT2D eigenvalue weighted by atomic mass is 9.95. The second-order valence-corrected chi connectivity index (χ2v) is 10.3. The molecule has 7 nitrogen and oxygen atoms in total. The van der Waals surface area contributed by atoms with Gasteiger partial charge < -0.3 is 14.2 Å². The maximum Gasteiger partial charge on any atom is 0.397 e. The first kappa shape index (κ1) is 22.3. The van der Waals surface area contributed by atoms with Crippen molar-refractivity contribution in [1.82, 2.24) is 20.1 Å². The number of anilines is 1. The van der Waals surface area contributed by atoms with Crippen LogP contribution >= 0.6 is 0 Å². The van der Waals surface area contributed by atoms with Crippen molar-refractivity contribution < 1.29 is 17.6 Å². The summed E-state index contributed by atoms with van der Waals surface area (Å²) >= 11 is 0. The lowest BCUT2D eigenvalue weighted by Gasteiger charge is -2.26. The van der Waals surface area contributed by atoms with Gasteiger partial charge in [0.2, 0.25) is 11.8 Å². The third-order valence-corrected chi connectivity index (χ3v) is 8.21. The van der Waals surface area contributed by atoms with E-state index >= 15 is 0 Å². The number of pyridine rings is 1. The van der Waals surface area contributed by atoms with Crippen LogP contribution in [0.25, 0.3) is 10.9 Å². The zero-order valence-corrected chi connectivity index (χ0v) is 19.6. The fourth-order valence-electron chi connectivity index (χ4n) is 6.09. The van der Waals surface area contributed by atoms with Crippen LogP contribution in [0.2, 0.25) is 0 Å². The van der Waals surface area contributed by atoms with E-state index in [2.05, 4.69) is 26.2 Å². The summed E-state index contributed by atoms with van der Waals surface area (Å²) < 4.78 is 49.6. The molecule has 3 fully saturated rings. The highest BCUT2D eigenvalue weighted by Gasteiger charge is 2.86. The van der Waals surface area contributed by atoms with Gasteiger partial charge in [0.15, 0.2) is 0 Å². The number of fused-ring (bicyclic) bond motifs is 2. The number of hydrogen-bond acceptors (Lipinski definition) is 7. The third-order valence-electron chi connectivity index (χ3n) is 8.21. The number of alkyl halides is 3. The van der Waals surface area contributed by atoms with Crippen molar-refractivity contribution >= 4 is 16.6 Å². The zero-order valence-electron chi connectivity index (χ0n) is 19.6. The van der Waals surface area contributed by atoms with Gasteiger partial charge in [0.05, 0.1) is 16.5 Å². The molecule has 2 atom stereocenters. The number of nitriles is 1. The molecule has 1 saturated carbocycles. The van der Waals surface area contributed by atoms with Gasteiger partial charge in [0, 0.05) is 35.8 Å². The third kappa shape index (κ3) is 3.17. The van der Waals surface area contributed by atoms with Crippen molar-refractivity contribution in [3.63, 3.8) is 0 Å². The van der Waals surface area contributed by atoms with Crippen LogP contribution < -0.4 is 4.90 Å². The van der Waals surface area contributed by atoms with E-state index in [0.29, 0.717) is 28.0 Å². The predicted octanol–water partition coefficient (Wildman–Crippen LogP) is 4.32. The maximum absolute atomic E-state index is 14.5. The molecule has 0 bridgehead atoms. The van der Waals surface area contributed by atoms with Crippen LogP contribution in [-0.2, 0) is 5.41 Å². The molecule has 2 aromatic heterocycles. The topological polar surface area (TPSA) is 82.1 Å². The van der Waals surface area contributed by atoms with Crippen molar-refractivity contribution in [2.75, 3.05) is 38.1 Å². The Hall–Kier alpha value is -3.19. The lowest BCUT2D eigenvalue weighted by molar-refractivity contribution is -0.187. The molecule has 3 aromatic rings. The number of rotatable bonds is 3. The molecule has 2 aliphatic heterocycles. The Kier molecular flexibility index (Phi) is 4.71. The second-order valence-electron chi connectivity index (χ2n) is 10.3. The minimum Gasteiger partial charge on any atom is -0.424 e. The summed E-state index contributed by atoms with van der Waals surface area (Å²) in [5.41, 5.74) is -0.919. The molecular formula is C25H25F3N6O. The fraction of sp³-hybridized carbons (Fsp3) is 0.520. The van der Waals surface area contributed by atoms with Crippen LogP contribution in [0.3, 0.4) is 0 Å². The molecule has 0 amide bonds. The first-order chi connectivity index (χ1) is 16.7. The molecule has 1 aromatic carbocycles. The quantitative estimate of drug-likeness (QED) is 0.550. The molecule has 0 spiro atoms. The normalized spacial score (nSPS) is 27.3. The van der Waals surface area contributed by atoms with E-state index in [1.807, 2.05) is 26.1 Å². The van der Waals surface area contributed by atoms with E-state index in [1.165, 1.54) is 0 Å². The number of aromatic nitrogens is 3. The van der Waals surface area contributed by atoms with E-state index in [-0.39, 0.29) is 31.3 Å². The Morgan fingerprint density at radius 1 is 1.11 bits per heavy atom. The summed E-state index contributed by atoms with van der Waals surface area (Å²) in [5, 5.41) is 18.6. The van der Waals surface area contributed by atoms with Gasteiger partial charge >= 0.3 is 6.18 Å². The minimum atomic E-state index is -4.42. The first-order valence-corrected chi connectivity index (χ1v) is 11.8. The van der Waals surface area contributed by atoms with Gasteiger partial charge in [-0.05, 0) is 70.6 Å². The van der Waals surface area contributed by atoms with Gasteiger partial charge in [-0.2, -0.15) is 18.4 Å². The van der Waals surface area contributed by atoms with Crippen LogP contribution in [0.5, 0.6) is 0 Å². The average Bonchev–Trinajstić information content (AvgIpc) is 3.13. The summed E-state index contributed by atoms with van der Waals surface area (Å²) in [4.78, 5) is 8.46. The summed E-state index contributed by atoms with van der Waals surface area (Å²) in [6, 6.07) is 9.13. The Balaban J connectivity index is 1.38. The van der Waals surface area contributed by atoms with E-state index in [1.54, 1.807) is 17.0 Å². The molecule has 6 rings (SSSR count). The molecule has 182 valence electrons. The van der Waals surface area contributed by atoms with E-state index in [4.69, 9.17) is 4.42 Å². The average molecular weight is 483 g/mol.